The van der Waals surface area contributed by atoms with E-state index in [9.17, 15) is 24.3 Å². The van der Waals surface area contributed by atoms with E-state index in [1.807, 2.05) is 13.8 Å². The maximum Gasteiger partial charge on any atom is 0.245 e. The van der Waals surface area contributed by atoms with Crippen LogP contribution >= 0.6 is 0 Å². The number of carbonyl (C=O) groups excluding carboxylic acids is 4. The fourth-order valence-corrected chi connectivity index (χ4v) is 2.46. The highest BCUT2D eigenvalue weighted by Gasteiger charge is 2.28. The van der Waals surface area contributed by atoms with E-state index in [1.54, 1.807) is 0 Å². The van der Waals surface area contributed by atoms with Gasteiger partial charge in [0, 0.05) is 6.92 Å². The lowest BCUT2D eigenvalue weighted by Crippen LogP contribution is -2.57. The van der Waals surface area contributed by atoms with E-state index >= 15 is 0 Å². The van der Waals surface area contributed by atoms with Gasteiger partial charge in [0.25, 0.3) is 0 Å². The third-order valence-corrected chi connectivity index (χ3v) is 3.82. The van der Waals surface area contributed by atoms with E-state index in [0.717, 1.165) is 0 Å². The quantitative estimate of drug-likeness (QED) is 0.201. The van der Waals surface area contributed by atoms with Crippen molar-refractivity contribution < 1.29 is 24.3 Å². The highest BCUT2D eigenvalue weighted by molar-refractivity contribution is 5.93. The van der Waals surface area contributed by atoms with E-state index in [2.05, 4.69) is 16.0 Å². The summed E-state index contributed by atoms with van der Waals surface area (Å²) in [5.41, 5.74) is 10.8. The minimum atomic E-state index is -1.17. The molecule has 0 bridgehead atoms. The van der Waals surface area contributed by atoms with Gasteiger partial charge in [0.05, 0.1) is 6.61 Å². The van der Waals surface area contributed by atoms with Gasteiger partial charge < -0.3 is 32.5 Å². The molecular formula is C17H33N5O5. The lowest BCUT2D eigenvalue weighted by molar-refractivity contribution is -0.133. The minimum Gasteiger partial charge on any atom is -0.394 e. The molecule has 0 aromatic heterocycles. The number of nitrogens with two attached hydrogens (primary N) is 2. The minimum absolute atomic E-state index is 0.131. The summed E-state index contributed by atoms with van der Waals surface area (Å²) in [4.78, 5) is 47.6. The van der Waals surface area contributed by atoms with Crippen LogP contribution in [0.15, 0.2) is 0 Å². The fourth-order valence-electron chi connectivity index (χ4n) is 2.46. The van der Waals surface area contributed by atoms with E-state index in [-0.39, 0.29) is 5.92 Å². The Morgan fingerprint density at radius 2 is 1.48 bits per heavy atom. The number of rotatable bonds is 13. The Labute approximate surface area is 159 Å². The second-order valence-corrected chi connectivity index (χ2v) is 6.87. The van der Waals surface area contributed by atoms with Crippen molar-refractivity contribution in [1.82, 2.24) is 16.0 Å². The van der Waals surface area contributed by atoms with E-state index in [4.69, 9.17) is 11.5 Å². The summed E-state index contributed by atoms with van der Waals surface area (Å²) in [6.45, 7) is 4.82. The first-order valence-corrected chi connectivity index (χ1v) is 9.10. The molecule has 10 heteroatoms. The zero-order valence-electron chi connectivity index (χ0n) is 16.3. The Balaban J connectivity index is 5.14. The van der Waals surface area contributed by atoms with Crippen LogP contribution in [0.1, 0.15) is 46.5 Å². The molecule has 3 atom stereocenters. The summed E-state index contributed by atoms with van der Waals surface area (Å²) in [6, 6.07) is -2.97. The number of hydrogen-bond donors (Lipinski definition) is 6. The molecule has 0 aromatic carbocycles. The van der Waals surface area contributed by atoms with E-state index in [1.165, 1.54) is 6.92 Å². The second-order valence-electron chi connectivity index (χ2n) is 6.87. The number of nitrogens with one attached hydrogen (secondary N) is 3. The predicted octanol–water partition coefficient (Wildman–Crippen LogP) is -1.89. The van der Waals surface area contributed by atoms with Gasteiger partial charge in [-0.2, -0.15) is 0 Å². The molecule has 0 aliphatic carbocycles. The first-order chi connectivity index (χ1) is 12.6. The SMILES string of the molecule is CC(=O)N[C@H](CO)C(=O)N[C@@H](CCCCN)C(=O)N[C@H](CC(C)C)C(N)=O. The third kappa shape index (κ3) is 10.5. The van der Waals surface area contributed by atoms with Gasteiger partial charge in [0.1, 0.15) is 18.1 Å². The maximum atomic E-state index is 12.6. The molecule has 0 saturated carbocycles. The Morgan fingerprint density at radius 1 is 0.926 bits per heavy atom. The van der Waals surface area contributed by atoms with Crippen LogP contribution in [0.3, 0.4) is 0 Å². The maximum absolute atomic E-state index is 12.6. The molecule has 0 saturated heterocycles. The predicted molar refractivity (Wildman–Crippen MR) is 100 cm³/mol. The Morgan fingerprint density at radius 3 is 1.93 bits per heavy atom. The van der Waals surface area contributed by atoms with Crippen LogP contribution in [0, 0.1) is 5.92 Å². The standard InChI is InChI=1S/C17H33N5O5/c1-10(2)8-13(15(19)25)22-16(26)12(6-4-5-7-18)21-17(27)14(9-23)20-11(3)24/h10,12-14,23H,4-9,18H2,1-3H3,(H2,19,25)(H,20,24)(H,21,27)(H,22,26)/t12-,13+,14+/m0/s1. The van der Waals surface area contributed by atoms with Crippen molar-refractivity contribution in [3.8, 4) is 0 Å². The van der Waals surface area contributed by atoms with Crippen LogP contribution < -0.4 is 27.4 Å². The van der Waals surface area contributed by atoms with Crippen molar-refractivity contribution in [2.45, 2.75) is 64.6 Å². The summed E-state index contributed by atoms with van der Waals surface area (Å²) in [5.74, 6) is -2.26. The third-order valence-electron chi connectivity index (χ3n) is 3.82. The van der Waals surface area contributed by atoms with Crippen molar-refractivity contribution >= 4 is 23.6 Å². The monoisotopic (exact) mass is 387 g/mol. The molecule has 0 unspecified atom stereocenters. The molecule has 0 radical (unpaired) electrons. The van der Waals surface area contributed by atoms with Crippen molar-refractivity contribution in [3.05, 3.63) is 0 Å². The van der Waals surface area contributed by atoms with Crippen molar-refractivity contribution in [1.29, 1.82) is 0 Å². The Hall–Kier alpha value is -2.20. The molecular weight excluding hydrogens is 354 g/mol. The summed E-state index contributed by atoms with van der Waals surface area (Å²) in [7, 11) is 0. The van der Waals surface area contributed by atoms with Crippen LogP contribution in [-0.4, -0.2) is 60.0 Å². The smallest absolute Gasteiger partial charge is 0.245 e. The first-order valence-electron chi connectivity index (χ1n) is 9.10. The van der Waals surface area contributed by atoms with Gasteiger partial charge in [-0.05, 0) is 38.1 Å². The average molecular weight is 387 g/mol. The number of aliphatic hydroxyl groups excluding tert-OH is 1. The largest absolute Gasteiger partial charge is 0.394 e. The number of primary amides is 1. The normalized spacial score (nSPS) is 14.1. The van der Waals surface area contributed by atoms with Crippen molar-refractivity contribution in [2.75, 3.05) is 13.2 Å². The zero-order valence-corrected chi connectivity index (χ0v) is 16.3. The van der Waals surface area contributed by atoms with Gasteiger partial charge in [-0.3, -0.25) is 19.2 Å². The molecule has 4 amide bonds. The van der Waals surface area contributed by atoms with Crippen LogP contribution in [0.25, 0.3) is 0 Å². The molecule has 8 N–H and O–H groups in total. The molecule has 0 heterocycles. The summed E-state index contributed by atoms with van der Waals surface area (Å²) in [6.07, 6.45) is 1.89. The van der Waals surface area contributed by atoms with Gasteiger partial charge in [0.15, 0.2) is 0 Å². The molecule has 0 rings (SSSR count). The molecule has 10 nitrogen and oxygen atoms in total. The number of amides is 4. The lowest BCUT2D eigenvalue weighted by atomic mass is 10.0. The molecule has 0 fully saturated rings. The summed E-state index contributed by atoms with van der Waals surface area (Å²) < 4.78 is 0. The van der Waals surface area contributed by atoms with Crippen molar-refractivity contribution in [2.24, 2.45) is 17.4 Å². The molecule has 0 aliphatic rings. The van der Waals surface area contributed by atoms with Gasteiger partial charge in [-0.1, -0.05) is 13.8 Å². The molecule has 27 heavy (non-hydrogen) atoms. The van der Waals surface area contributed by atoms with Gasteiger partial charge in [-0.15, -0.1) is 0 Å². The van der Waals surface area contributed by atoms with Crippen LogP contribution in [0.2, 0.25) is 0 Å². The molecule has 0 aliphatic heterocycles. The molecule has 0 spiro atoms. The number of unbranched alkanes of at least 4 members (excludes halogenated alkanes) is 1. The van der Waals surface area contributed by atoms with E-state index in [0.29, 0.717) is 32.2 Å². The zero-order chi connectivity index (χ0) is 21.0. The average Bonchev–Trinajstić information content (AvgIpc) is 2.57. The lowest BCUT2D eigenvalue weighted by Gasteiger charge is -2.24. The highest BCUT2D eigenvalue weighted by atomic mass is 16.3. The second kappa shape index (κ2) is 13.0. The van der Waals surface area contributed by atoms with Gasteiger partial charge in [-0.25, -0.2) is 0 Å². The number of aliphatic hydroxyl groups is 1. The van der Waals surface area contributed by atoms with E-state index < -0.39 is 48.4 Å². The number of hydrogen-bond acceptors (Lipinski definition) is 6. The Kier molecular flexibility index (Phi) is 12.0. The summed E-state index contributed by atoms with van der Waals surface area (Å²) in [5, 5.41) is 16.7. The van der Waals surface area contributed by atoms with Gasteiger partial charge in [0.2, 0.25) is 23.6 Å². The summed E-state index contributed by atoms with van der Waals surface area (Å²) >= 11 is 0. The van der Waals surface area contributed by atoms with Crippen LogP contribution in [0.4, 0.5) is 0 Å². The fraction of sp³-hybridized carbons (Fsp3) is 0.765. The topological polar surface area (TPSA) is 177 Å². The first kappa shape index (κ1) is 24.8. The highest BCUT2D eigenvalue weighted by Crippen LogP contribution is 2.07. The molecule has 0 aromatic rings. The van der Waals surface area contributed by atoms with Gasteiger partial charge >= 0.3 is 0 Å². The van der Waals surface area contributed by atoms with Crippen LogP contribution in [0.5, 0.6) is 0 Å². The van der Waals surface area contributed by atoms with Crippen LogP contribution in [-0.2, 0) is 19.2 Å². The molecule has 156 valence electrons. The Bertz CT molecular complexity index is 512. The van der Waals surface area contributed by atoms with Crippen molar-refractivity contribution in [3.63, 3.8) is 0 Å². The number of carbonyl (C=O) groups is 4.